The van der Waals surface area contributed by atoms with Crippen molar-refractivity contribution in [3.8, 4) is 0 Å². The van der Waals surface area contributed by atoms with Crippen LogP contribution in [0.1, 0.15) is 38.5 Å². The Labute approximate surface area is 78.9 Å². The molecule has 1 saturated heterocycles. The van der Waals surface area contributed by atoms with E-state index in [0.717, 1.165) is 18.1 Å². The lowest BCUT2D eigenvalue weighted by Crippen LogP contribution is -2.18. The Morgan fingerprint density at radius 3 is 2.92 bits per heavy atom. The van der Waals surface area contributed by atoms with Crippen molar-refractivity contribution in [1.29, 1.82) is 0 Å². The van der Waals surface area contributed by atoms with Crippen molar-refractivity contribution < 1.29 is 5.11 Å². The molecule has 1 heterocycles. The maximum atomic E-state index is 8.82. The molecule has 2 nitrogen and oxygen atoms in total. The SMILES string of the molecule is NC(O)CCCCC1CCCS1. The summed E-state index contributed by atoms with van der Waals surface area (Å²) in [7, 11) is 0. The Morgan fingerprint density at radius 2 is 2.33 bits per heavy atom. The van der Waals surface area contributed by atoms with Gasteiger partial charge in [-0.05, 0) is 37.9 Å². The van der Waals surface area contributed by atoms with Crippen LogP contribution in [0, 0.1) is 0 Å². The van der Waals surface area contributed by atoms with Crippen molar-refractivity contribution in [2.75, 3.05) is 5.75 Å². The lowest BCUT2D eigenvalue weighted by Gasteiger charge is -2.08. The summed E-state index contributed by atoms with van der Waals surface area (Å²) in [5.74, 6) is 1.35. The fraction of sp³-hybridized carbons (Fsp3) is 1.00. The van der Waals surface area contributed by atoms with Crippen LogP contribution in [0.15, 0.2) is 0 Å². The molecule has 0 aromatic heterocycles. The zero-order chi connectivity index (χ0) is 8.81. The van der Waals surface area contributed by atoms with Gasteiger partial charge in [-0.3, -0.25) is 0 Å². The minimum atomic E-state index is -0.596. The average Bonchev–Trinajstić information content (AvgIpc) is 2.49. The van der Waals surface area contributed by atoms with Crippen molar-refractivity contribution >= 4 is 11.8 Å². The lowest BCUT2D eigenvalue weighted by atomic mass is 10.1. The third-order valence-electron chi connectivity index (χ3n) is 2.30. The minimum absolute atomic E-state index is 0.596. The van der Waals surface area contributed by atoms with Gasteiger partial charge in [-0.25, -0.2) is 0 Å². The molecule has 2 unspecified atom stereocenters. The number of hydrogen-bond acceptors (Lipinski definition) is 3. The summed E-state index contributed by atoms with van der Waals surface area (Å²) in [5, 5.41) is 9.72. The smallest absolute Gasteiger partial charge is 0.102 e. The molecule has 12 heavy (non-hydrogen) atoms. The number of nitrogens with two attached hydrogens (primary N) is 1. The molecule has 0 bridgehead atoms. The van der Waals surface area contributed by atoms with Crippen molar-refractivity contribution in [3.05, 3.63) is 0 Å². The molecule has 0 aromatic rings. The largest absolute Gasteiger partial charge is 0.379 e. The lowest BCUT2D eigenvalue weighted by molar-refractivity contribution is 0.168. The van der Waals surface area contributed by atoms with Gasteiger partial charge in [0.15, 0.2) is 0 Å². The van der Waals surface area contributed by atoms with Crippen LogP contribution in [-0.2, 0) is 0 Å². The predicted octanol–water partition coefficient (Wildman–Crippen LogP) is 1.72. The Morgan fingerprint density at radius 1 is 1.50 bits per heavy atom. The van der Waals surface area contributed by atoms with Gasteiger partial charge in [-0.15, -0.1) is 0 Å². The summed E-state index contributed by atoms with van der Waals surface area (Å²) >= 11 is 2.11. The monoisotopic (exact) mass is 189 g/mol. The van der Waals surface area contributed by atoms with E-state index in [2.05, 4.69) is 11.8 Å². The molecule has 2 atom stereocenters. The Kier molecular flexibility index (Phi) is 5.04. The molecule has 0 amide bonds. The molecule has 1 aliphatic heterocycles. The van der Waals surface area contributed by atoms with Crippen LogP contribution in [0.2, 0.25) is 0 Å². The Balaban J connectivity index is 1.88. The standard InChI is InChI=1S/C9H19NOS/c10-9(11)6-2-1-4-8-5-3-7-12-8/h8-9,11H,1-7,10H2. The highest BCUT2D eigenvalue weighted by molar-refractivity contribution is 8.00. The van der Waals surface area contributed by atoms with E-state index >= 15 is 0 Å². The topological polar surface area (TPSA) is 46.2 Å². The van der Waals surface area contributed by atoms with Gasteiger partial charge in [-0.1, -0.05) is 6.42 Å². The number of thioether (sulfide) groups is 1. The number of unbranched alkanes of at least 4 members (excludes halogenated alkanes) is 1. The highest BCUT2D eigenvalue weighted by Crippen LogP contribution is 2.29. The number of aliphatic hydroxyl groups is 1. The van der Waals surface area contributed by atoms with Crippen molar-refractivity contribution in [3.63, 3.8) is 0 Å². The highest BCUT2D eigenvalue weighted by Gasteiger charge is 2.14. The first kappa shape index (κ1) is 10.4. The molecule has 3 heteroatoms. The first-order chi connectivity index (χ1) is 5.79. The van der Waals surface area contributed by atoms with Crippen LogP contribution >= 0.6 is 11.8 Å². The predicted molar refractivity (Wildman–Crippen MR) is 54.1 cm³/mol. The second-order valence-corrected chi connectivity index (χ2v) is 4.90. The van der Waals surface area contributed by atoms with Gasteiger partial charge in [0, 0.05) is 5.25 Å². The van der Waals surface area contributed by atoms with E-state index in [-0.39, 0.29) is 0 Å². The maximum absolute atomic E-state index is 8.82. The highest BCUT2D eigenvalue weighted by atomic mass is 32.2. The number of rotatable bonds is 5. The van der Waals surface area contributed by atoms with Crippen LogP contribution in [0.25, 0.3) is 0 Å². The van der Waals surface area contributed by atoms with Crippen molar-refractivity contribution in [2.45, 2.75) is 50.0 Å². The van der Waals surface area contributed by atoms with E-state index in [4.69, 9.17) is 10.8 Å². The first-order valence-corrected chi connectivity index (χ1v) is 5.89. The summed E-state index contributed by atoms with van der Waals surface area (Å²) in [4.78, 5) is 0. The van der Waals surface area contributed by atoms with Crippen molar-refractivity contribution in [2.24, 2.45) is 5.73 Å². The molecule has 0 saturated carbocycles. The quantitative estimate of drug-likeness (QED) is 0.511. The summed E-state index contributed by atoms with van der Waals surface area (Å²) in [5.41, 5.74) is 5.24. The minimum Gasteiger partial charge on any atom is -0.379 e. The summed E-state index contributed by atoms with van der Waals surface area (Å²) in [6.45, 7) is 0. The average molecular weight is 189 g/mol. The normalized spacial score (nSPS) is 26.0. The summed E-state index contributed by atoms with van der Waals surface area (Å²) in [6, 6.07) is 0. The zero-order valence-electron chi connectivity index (χ0n) is 7.54. The van der Waals surface area contributed by atoms with Gasteiger partial charge in [0.05, 0.1) is 0 Å². The molecular weight excluding hydrogens is 170 g/mol. The Hall–Kier alpha value is 0.270. The molecule has 0 radical (unpaired) electrons. The number of hydrogen-bond donors (Lipinski definition) is 2. The third-order valence-corrected chi connectivity index (χ3v) is 3.77. The maximum Gasteiger partial charge on any atom is 0.102 e. The molecule has 0 aromatic carbocycles. The van der Waals surface area contributed by atoms with Crippen LogP contribution in [0.4, 0.5) is 0 Å². The molecule has 3 N–H and O–H groups in total. The molecule has 72 valence electrons. The van der Waals surface area contributed by atoms with Gasteiger partial charge >= 0.3 is 0 Å². The summed E-state index contributed by atoms with van der Waals surface area (Å²) in [6.07, 6.45) is 6.58. The van der Waals surface area contributed by atoms with Gasteiger partial charge in [0.25, 0.3) is 0 Å². The van der Waals surface area contributed by atoms with Gasteiger partial charge in [0.1, 0.15) is 6.23 Å². The summed E-state index contributed by atoms with van der Waals surface area (Å²) < 4.78 is 0. The van der Waals surface area contributed by atoms with Gasteiger partial charge in [-0.2, -0.15) is 11.8 Å². The van der Waals surface area contributed by atoms with E-state index in [1.165, 1.54) is 31.4 Å². The molecule has 1 fully saturated rings. The van der Waals surface area contributed by atoms with E-state index in [1.807, 2.05) is 0 Å². The fourth-order valence-corrected chi connectivity index (χ4v) is 2.93. The Bertz CT molecular complexity index is 113. The van der Waals surface area contributed by atoms with Crippen LogP contribution in [-0.4, -0.2) is 22.3 Å². The fourth-order valence-electron chi connectivity index (χ4n) is 1.60. The first-order valence-electron chi connectivity index (χ1n) is 4.84. The van der Waals surface area contributed by atoms with Crippen LogP contribution < -0.4 is 5.73 Å². The second kappa shape index (κ2) is 5.84. The van der Waals surface area contributed by atoms with Crippen LogP contribution in [0.3, 0.4) is 0 Å². The van der Waals surface area contributed by atoms with E-state index < -0.39 is 6.23 Å². The van der Waals surface area contributed by atoms with Crippen LogP contribution in [0.5, 0.6) is 0 Å². The molecule has 1 rings (SSSR count). The van der Waals surface area contributed by atoms with Crippen molar-refractivity contribution in [1.82, 2.24) is 0 Å². The number of aliphatic hydroxyl groups excluding tert-OH is 1. The molecule has 0 spiro atoms. The van der Waals surface area contributed by atoms with E-state index in [9.17, 15) is 0 Å². The zero-order valence-corrected chi connectivity index (χ0v) is 8.35. The van der Waals surface area contributed by atoms with E-state index in [1.54, 1.807) is 0 Å². The third kappa shape index (κ3) is 4.33. The molecular formula is C9H19NOS. The molecule has 0 aliphatic carbocycles. The van der Waals surface area contributed by atoms with E-state index in [0.29, 0.717) is 0 Å². The van der Waals surface area contributed by atoms with Gasteiger partial charge in [0.2, 0.25) is 0 Å². The van der Waals surface area contributed by atoms with Gasteiger partial charge < -0.3 is 10.8 Å². The molecule has 1 aliphatic rings. The second-order valence-electron chi connectivity index (χ2n) is 3.49.